The first-order valence-corrected chi connectivity index (χ1v) is 5.79. The Balaban J connectivity index is 1.94. The molecule has 0 aromatic carbocycles. The molecule has 0 radical (unpaired) electrons. The number of aromatic nitrogens is 3. The molecule has 6 heteroatoms. The molecule has 6 nitrogen and oxygen atoms in total. The van der Waals surface area contributed by atoms with Crippen molar-refractivity contribution in [1.29, 1.82) is 0 Å². The zero-order chi connectivity index (χ0) is 12.5. The van der Waals surface area contributed by atoms with Crippen molar-refractivity contribution in [1.82, 2.24) is 14.8 Å². The van der Waals surface area contributed by atoms with E-state index in [4.69, 9.17) is 10.9 Å². The highest BCUT2D eigenvalue weighted by atomic mass is 16.4. The topological polar surface area (TPSA) is 89.3 Å². The van der Waals surface area contributed by atoms with E-state index < -0.39 is 0 Å². The van der Waals surface area contributed by atoms with Gasteiger partial charge in [0.1, 0.15) is 5.69 Å². The van der Waals surface area contributed by atoms with Gasteiger partial charge in [-0.15, -0.1) is 0 Å². The number of amidine groups is 1. The molecule has 0 saturated heterocycles. The Kier molecular flexibility index (Phi) is 2.47. The van der Waals surface area contributed by atoms with Crippen molar-refractivity contribution in [3.8, 4) is 5.82 Å². The Labute approximate surface area is 104 Å². The Bertz CT molecular complexity index is 600. The van der Waals surface area contributed by atoms with Gasteiger partial charge < -0.3 is 10.9 Å². The zero-order valence-electron chi connectivity index (χ0n) is 9.69. The van der Waals surface area contributed by atoms with Gasteiger partial charge >= 0.3 is 0 Å². The molecular formula is C12H13N5O. The molecule has 18 heavy (non-hydrogen) atoms. The molecule has 0 atom stereocenters. The normalized spacial score (nSPS) is 15.9. The molecule has 2 heterocycles. The van der Waals surface area contributed by atoms with Gasteiger partial charge in [0.15, 0.2) is 11.7 Å². The number of oxime groups is 1. The SMILES string of the molecule is NC(=NO)c1cccc(-n2ccc(C3CC3)n2)n1. The van der Waals surface area contributed by atoms with Crippen molar-refractivity contribution >= 4 is 5.84 Å². The Morgan fingerprint density at radius 1 is 1.39 bits per heavy atom. The van der Waals surface area contributed by atoms with Crippen molar-refractivity contribution in [2.45, 2.75) is 18.8 Å². The van der Waals surface area contributed by atoms with Gasteiger partial charge in [-0.1, -0.05) is 11.2 Å². The lowest BCUT2D eigenvalue weighted by Gasteiger charge is -2.03. The summed E-state index contributed by atoms with van der Waals surface area (Å²) >= 11 is 0. The summed E-state index contributed by atoms with van der Waals surface area (Å²) in [6, 6.07) is 7.32. The summed E-state index contributed by atoms with van der Waals surface area (Å²) in [5, 5.41) is 16.1. The second kappa shape index (κ2) is 4.14. The Hall–Kier alpha value is -2.37. The highest BCUT2D eigenvalue weighted by Gasteiger charge is 2.25. The molecular weight excluding hydrogens is 230 g/mol. The molecule has 0 unspecified atom stereocenters. The fourth-order valence-corrected chi connectivity index (χ4v) is 1.81. The second-order valence-electron chi connectivity index (χ2n) is 4.33. The fourth-order valence-electron chi connectivity index (χ4n) is 1.81. The third-order valence-electron chi connectivity index (χ3n) is 2.94. The maximum Gasteiger partial charge on any atom is 0.188 e. The lowest BCUT2D eigenvalue weighted by molar-refractivity contribution is 0.318. The second-order valence-corrected chi connectivity index (χ2v) is 4.33. The third-order valence-corrected chi connectivity index (χ3v) is 2.94. The Morgan fingerprint density at radius 3 is 2.94 bits per heavy atom. The first kappa shape index (κ1) is 10.8. The van der Waals surface area contributed by atoms with Gasteiger partial charge in [0.25, 0.3) is 0 Å². The maximum atomic E-state index is 8.64. The highest BCUT2D eigenvalue weighted by Crippen LogP contribution is 2.38. The smallest absolute Gasteiger partial charge is 0.188 e. The molecule has 3 N–H and O–H groups in total. The van der Waals surface area contributed by atoms with Crippen LogP contribution in [0.4, 0.5) is 0 Å². The van der Waals surface area contributed by atoms with E-state index >= 15 is 0 Å². The van der Waals surface area contributed by atoms with Crippen LogP contribution in [0.1, 0.15) is 30.1 Å². The van der Waals surface area contributed by atoms with Crippen molar-refractivity contribution in [3.63, 3.8) is 0 Å². The molecule has 0 aliphatic heterocycles. The molecule has 1 saturated carbocycles. The van der Waals surface area contributed by atoms with Crippen LogP contribution in [0.15, 0.2) is 35.6 Å². The minimum atomic E-state index is -0.00794. The largest absolute Gasteiger partial charge is 0.409 e. The molecule has 1 aliphatic carbocycles. The summed E-state index contributed by atoms with van der Waals surface area (Å²) < 4.78 is 1.71. The fraction of sp³-hybridized carbons (Fsp3) is 0.250. The van der Waals surface area contributed by atoms with Crippen LogP contribution >= 0.6 is 0 Å². The first-order valence-electron chi connectivity index (χ1n) is 5.79. The van der Waals surface area contributed by atoms with Crippen LogP contribution in [0.3, 0.4) is 0 Å². The molecule has 3 rings (SSSR count). The molecule has 2 aromatic heterocycles. The summed E-state index contributed by atoms with van der Waals surface area (Å²) in [4.78, 5) is 4.29. The van der Waals surface area contributed by atoms with E-state index in [1.165, 1.54) is 12.8 Å². The van der Waals surface area contributed by atoms with Crippen molar-refractivity contribution in [3.05, 3.63) is 41.9 Å². The average molecular weight is 243 g/mol. The monoisotopic (exact) mass is 243 g/mol. The number of nitrogens with two attached hydrogens (primary N) is 1. The summed E-state index contributed by atoms with van der Waals surface area (Å²) in [6.07, 6.45) is 4.31. The number of hydrogen-bond donors (Lipinski definition) is 2. The van der Waals surface area contributed by atoms with E-state index in [2.05, 4.69) is 15.2 Å². The van der Waals surface area contributed by atoms with Crippen LogP contribution in [-0.2, 0) is 0 Å². The summed E-state index contributed by atoms with van der Waals surface area (Å²) in [6.45, 7) is 0. The van der Waals surface area contributed by atoms with Gasteiger partial charge in [-0.3, -0.25) is 0 Å². The quantitative estimate of drug-likeness (QED) is 0.367. The van der Waals surface area contributed by atoms with Crippen molar-refractivity contribution in [2.24, 2.45) is 10.9 Å². The number of hydrogen-bond acceptors (Lipinski definition) is 4. The molecule has 0 bridgehead atoms. The van der Waals surface area contributed by atoms with Gasteiger partial charge in [-0.2, -0.15) is 5.10 Å². The highest BCUT2D eigenvalue weighted by molar-refractivity contribution is 5.95. The number of pyridine rings is 1. The van der Waals surface area contributed by atoms with Gasteiger partial charge in [-0.05, 0) is 31.0 Å². The molecule has 2 aromatic rings. The van der Waals surface area contributed by atoms with E-state index in [0.717, 1.165) is 5.69 Å². The lowest BCUT2D eigenvalue weighted by Crippen LogP contribution is -2.16. The minimum Gasteiger partial charge on any atom is -0.409 e. The number of rotatable bonds is 3. The van der Waals surface area contributed by atoms with Gasteiger partial charge in [-0.25, -0.2) is 9.67 Å². The Morgan fingerprint density at radius 2 is 2.22 bits per heavy atom. The predicted molar refractivity (Wildman–Crippen MR) is 65.8 cm³/mol. The van der Waals surface area contributed by atoms with Crippen LogP contribution in [0.5, 0.6) is 0 Å². The molecule has 1 aliphatic rings. The zero-order valence-corrected chi connectivity index (χ0v) is 9.69. The molecule has 0 amide bonds. The minimum absolute atomic E-state index is 0.00794. The molecule has 1 fully saturated rings. The molecule has 92 valence electrons. The van der Waals surface area contributed by atoms with Crippen molar-refractivity contribution in [2.75, 3.05) is 0 Å². The first-order chi connectivity index (χ1) is 8.78. The average Bonchev–Trinajstić information content (AvgIpc) is 3.15. The van der Waals surface area contributed by atoms with E-state index in [1.807, 2.05) is 18.3 Å². The standard InChI is InChI=1S/C12H13N5O/c13-12(16-18)10-2-1-3-11(14-10)17-7-6-9(15-17)8-4-5-8/h1-3,6-8,18H,4-5H2,(H2,13,16). The van der Waals surface area contributed by atoms with Gasteiger partial charge in [0.2, 0.25) is 0 Å². The van der Waals surface area contributed by atoms with Crippen LogP contribution in [-0.4, -0.2) is 25.8 Å². The number of nitrogens with zero attached hydrogens (tertiary/aromatic N) is 4. The van der Waals surface area contributed by atoms with E-state index in [1.54, 1.807) is 16.8 Å². The van der Waals surface area contributed by atoms with Crippen LogP contribution in [0.25, 0.3) is 5.82 Å². The van der Waals surface area contributed by atoms with Gasteiger partial charge in [0, 0.05) is 12.1 Å². The maximum absolute atomic E-state index is 8.64. The van der Waals surface area contributed by atoms with Crippen LogP contribution in [0, 0.1) is 0 Å². The van der Waals surface area contributed by atoms with E-state index in [-0.39, 0.29) is 5.84 Å². The lowest BCUT2D eigenvalue weighted by atomic mass is 10.3. The van der Waals surface area contributed by atoms with E-state index in [0.29, 0.717) is 17.4 Å². The summed E-state index contributed by atoms with van der Waals surface area (Å²) in [7, 11) is 0. The van der Waals surface area contributed by atoms with Gasteiger partial charge in [0.05, 0.1) is 5.69 Å². The van der Waals surface area contributed by atoms with Crippen molar-refractivity contribution < 1.29 is 5.21 Å². The summed E-state index contributed by atoms with van der Waals surface area (Å²) in [5.41, 5.74) is 7.04. The van der Waals surface area contributed by atoms with Crippen LogP contribution < -0.4 is 5.73 Å². The van der Waals surface area contributed by atoms with E-state index in [9.17, 15) is 0 Å². The molecule has 0 spiro atoms. The summed E-state index contributed by atoms with van der Waals surface area (Å²) in [5.74, 6) is 1.26. The van der Waals surface area contributed by atoms with Crippen LogP contribution in [0.2, 0.25) is 0 Å². The third kappa shape index (κ3) is 1.92. The predicted octanol–water partition coefficient (Wildman–Crippen LogP) is 1.24.